The van der Waals surface area contributed by atoms with E-state index < -0.39 is 11.2 Å². The zero-order chi connectivity index (χ0) is 14.3. The molecule has 1 heterocycles. The Morgan fingerprint density at radius 2 is 1.95 bits per heavy atom. The summed E-state index contributed by atoms with van der Waals surface area (Å²) in [5.74, 6) is -0.126. The van der Waals surface area contributed by atoms with E-state index in [1.54, 1.807) is 4.90 Å². The summed E-state index contributed by atoms with van der Waals surface area (Å²) in [5.41, 5.74) is 8.14. The van der Waals surface area contributed by atoms with Gasteiger partial charge in [-0.25, -0.2) is 0 Å². The molecule has 1 aromatic rings. The molecule has 1 aromatic carbocycles. The number of nitrogens with zero attached hydrogens (tertiary/aromatic N) is 2. The van der Waals surface area contributed by atoms with Gasteiger partial charge in [-0.05, 0) is 24.0 Å². The van der Waals surface area contributed by atoms with Gasteiger partial charge in [-0.2, -0.15) is 0 Å². The summed E-state index contributed by atoms with van der Waals surface area (Å²) >= 11 is 0. The summed E-state index contributed by atoms with van der Waals surface area (Å²) in [5, 5.41) is 21.7. The molecule has 2 aliphatic rings. The number of hydrogen-bond acceptors (Lipinski definition) is 5. The van der Waals surface area contributed by atoms with Crippen molar-refractivity contribution in [3.63, 3.8) is 0 Å². The van der Waals surface area contributed by atoms with Crippen molar-refractivity contribution in [3.05, 3.63) is 57.4 Å². The van der Waals surface area contributed by atoms with Crippen molar-refractivity contribution in [2.45, 2.75) is 25.2 Å². The number of fused-ring (bicyclic) bond motifs is 1. The van der Waals surface area contributed by atoms with Crippen LogP contribution in [0.3, 0.4) is 0 Å². The average molecular weight is 273 g/mol. The lowest BCUT2D eigenvalue weighted by atomic mass is 10.1. The quantitative estimate of drug-likeness (QED) is 0.534. The number of hydrogen-bond donors (Lipinski definition) is 3. The first kappa shape index (κ1) is 12.6. The van der Waals surface area contributed by atoms with Gasteiger partial charge in [-0.3, -0.25) is 21.3 Å². The third kappa shape index (κ3) is 1.92. The van der Waals surface area contributed by atoms with Crippen LogP contribution in [0.2, 0.25) is 0 Å². The second kappa shape index (κ2) is 4.61. The zero-order valence-corrected chi connectivity index (χ0v) is 10.7. The van der Waals surface area contributed by atoms with Crippen molar-refractivity contribution in [3.8, 4) is 0 Å². The van der Waals surface area contributed by atoms with Crippen LogP contribution in [0.4, 0.5) is 0 Å². The number of amidine groups is 1. The summed E-state index contributed by atoms with van der Waals surface area (Å²) in [6.45, 7) is 0. The fraction of sp³-hybridized carbons (Fsp3) is 0.308. The molecule has 0 aromatic heterocycles. The highest BCUT2D eigenvalue weighted by Gasteiger charge is 2.38. The Bertz CT molecular complexity index is 588. The molecule has 0 fully saturated rings. The third-order valence-electron chi connectivity index (χ3n) is 3.81. The number of rotatable bonds is 2. The number of benzene rings is 1. The molecular formula is C13H15N5O2. The summed E-state index contributed by atoms with van der Waals surface area (Å²) in [7, 11) is 0. The molecule has 1 atom stereocenters. The first-order valence-corrected chi connectivity index (χ1v) is 6.38. The number of nitrogens with two attached hydrogens (primary N) is 1. The molecular weight excluding hydrogens is 258 g/mol. The Morgan fingerprint density at radius 3 is 2.50 bits per heavy atom. The molecule has 4 N–H and O–H groups in total. The summed E-state index contributed by atoms with van der Waals surface area (Å²) in [6.07, 6.45) is 2.09. The van der Waals surface area contributed by atoms with Crippen molar-refractivity contribution >= 4 is 5.84 Å². The molecule has 0 amide bonds. The van der Waals surface area contributed by atoms with E-state index in [1.807, 2.05) is 24.3 Å². The zero-order valence-electron chi connectivity index (χ0n) is 10.7. The van der Waals surface area contributed by atoms with Crippen LogP contribution in [0.25, 0.3) is 0 Å². The van der Waals surface area contributed by atoms with Crippen LogP contribution in [0.15, 0.2) is 36.2 Å². The predicted molar refractivity (Wildman–Crippen MR) is 73.4 cm³/mol. The molecule has 0 saturated carbocycles. The smallest absolute Gasteiger partial charge is 0.326 e. The van der Waals surface area contributed by atoms with Crippen molar-refractivity contribution in [1.82, 2.24) is 10.2 Å². The maximum atomic E-state index is 10.9. The van der Waals surface area contributed by atoms with Gasteiger partial charge in [0.2, 0.25) is 5.84 Å². The second-order valence-electron chi connectivity index (χ2n) is 4.98. The molecule has 7 nitrogen and oxygen atoms in total. The van der Waals surface area contributed by atoms with Crippen LogP contribution >= 0.6 is 0 Å². The van der Waals surface area contributed by atoms with E-state index in [2.05, 4.69) is 5.32 Å². The molecule has 0 radical (unpaired) electrons. The third-order valence-corrected chi connectivity index (χ3v) is 3.81. The fourth-order valence-electron chi connectivity index (χ4n) is 2.87. The minimum Gasteiger partial charge on any atom is -0.353 e. The van der Waals surface area contributed by atoms with Crippen LogP contribution in [0.5, 0.6) is 0 Å². The van der Waals surface area contributed by atoms with E-state index in [0.29, 0.717) is 0 Å². The Labute approximate surface area is 115 Å². The van der Waals surface area contributed by atoms with Crippen LogP contribution in [0, 0.1) is 15.5 Å². The van der Waals surface area contributed by atoms with E-state index in [4.69, 9.17) is 11.1 Å². The van der Waals surface area contributed by atoms with Crippen LogP contribution in [0.1, 0.15) is 11.1 Å². The van der Waals surface area contributed by atoms with Gasteiger partial charge in [0.1, 0.15) is 0 Å². The SMILES string of the molecule is N=C1C([N+](=O)[O-])=CNC(N)N1C1Cc2ccccc2C1. The predicted octanol–water partition coefficient (Wildman–Crippen LogP) is 0.397. The van der Waals surface area contributed by atoms with Gasteiger partial charge in [0.15, 0.2) is 6.29 Å². The largest absolute Gasteiger partial charge is 0.353 e. The molecule has 1 aliphatic heterocycles. The topological polar surface area (TPSA) is 108 Å². The number of nitro groups is 1. The molecule has 20 heavy (non-hydrogen) atoms. The average Bonchev–Trinajstić information content (AvgIpc) is 2.81. The minimum absolute atomic E-state index is 0.0222. The van der Waals surface area contributed by atoms with Crippen molar-refractivity contribution in [2.75, 3.05) is 0 Å². The standard InChI is InChI=1S/C13H15N5O2/c14-12-11(18(19)20)7-16-13(15)17(12)10-5-8-3-1-2-4-9(8)6-10/h1-4,7,10,13-14,16H,5-6,15H2. The van der Waals surface area contributed by atoms with E-state index >= 15 is 0 Å². The Kier molecular flexibility index (Phi) is 2.90. The van der Waals surface area contributed by atoms with Crippen LogP contribution in [-0.2, 0) is 12.8 Å². The second-order valence-corrected chi connectivity index (χ2v) is 4.98. The molecule has 0 spiro atoms. The lowest BCUT2D eigenvalue weighted by Gasteiger charge is -2.37. The minimum atomic E-state index is -0.606. The summed E-state index contributed by atoms with van der Waals surface area (Å²) < 4.78 is 0. The first-order valence-electron chi connectivity index (χ1n) is 6.38. The molecule has 3 rings (SSSR count). The van der Waals surface area contributed by atoms with E-state index in [0.717, 1.165) is 12.8 Å². The fourth-order valence-corrected chi connectivity index (χ4v) is 2.87. The van der Waals surface area contributed by atoms with E-state index in [9.17, 15) is 10.1 Å². The van der Waals surface area contributed by atoms with Gasteiger partial charge in [0.05, 0.1) is 11.1 Å². The Hall–Kier alpha value is -2.41. The molecule has 1 aliphatic carbocycles. The summed E-state index contributed by atoms with van der Waals surface area (Å²) in [6, 6.07) is 8.02. The van der Waals surface area contributed by atoms with Crippen LogP contribution < -0.4 is 11.1 Å². The Balaban J connectivity index is 1.86. The lowest BCUT2D eigenvalue weighted by molar-refractivity contribution is -0.417. The highest BCUT2D eigenvalue weighted by atomic mass is 16.6. The molecule has 1 unspecified atom stereocenters. The summed E-state index contributed by atoms with van der Waals surface area (Å²) in [4.78, 5) is 12.0. The molecule has 104 valence electrons. The monoisotopic (exact) mass is 273 g/mol. The van der Waals surface area contributed by atoms with Crippen molar-refractivity contribution < 1.29 is 4.92 Å². The maximum Gasteiger partial charge on any atom is 0.326 e. The van der Waals surface area contributed by atoms with Crippen molar-refractivity contribution in [1.29, 1.82) is 5.41 Å². The lowest BCUT2D eigenvalue weighted by Crippen LogP contribution is -2.60. The van der Waals surface area contributed by atoms with E-state index in [-0.39, 0.29) is 17.6 Å². The van der Waals surface area contributed by atoms with Crippen LogP contribution in [-0.4, -0.2) is 28.0 Å². The highest BCUT2D eigenvalue weighted by molar-refractivity contribution is 5.94. The van der Waals surface area contributed by atoms with Crippen molar-refractivity contribution in [2.24, 2.45) is 5.73 Å². The highest BCUT2D eigenvalue weighted by Crippen LogP contribution is 2.27. The van der Waals surface area contributed by atoms with Gasteiger partial charge in [0, 0.05) is 6.04 Å². The first-order chi connectivity index (χ1) is 9.58. The van der Waals surface area contributed by atoms with Gasteiger partial charge >= 0.3 is 5.70 Å². The molecule has 0 bridgehead atoms. The molecule has 7 heteroatoms. The normalized spacial score (nSPS) is 22.2. The van der Waals surface area contributed by atoms with Gasteiger partial charge in [-0.1, -0.05) is 24.3 Å². The number of nitrogens with one attached hydrogen (secondary N) is 2. The Morgan fingerprint density at radius 1 is 1.35 bits per heavy atom. The molecule has 0 saturated heterocycles. The van der Waals surface area contributed by atoms with Gasteiger partial charge in [0.25, 0.3) is 0 Å². The van der Waals surface area contributed by atoms with E-state index in [1.165, 1.54) is 17.3 Å². The maximum absolute atomic E-state index is 10.9. The van der Waals surface area contributed by atoms with Gasteiger partial charge in [-0.15, -0.1) is 0 Å². The van der Waals surface area contributed by atoms with Gasteiger partial charge < -0.3 is 10.2 Å².